The Morgan fingerprint density at radius 3 is 2.27 bits per heavy atom. The third-order valence-corrected chi connectivity index (χ3v) is 8.30. The molecule has 2 fully saturated rings. The van der Waals surface area contributed by atoms with Crippen molar-refractivity contribution in [2.24, 2.45) is 17.3 Å². The number of aliphatic carboxylic acids is 1. The van der Waals surface area contributed by atoms with Crippen molar-refractivity contribution in [2.75, 3.05) is 23.3 Å². The molecule has 1 spiro atoms. The van der Waals surface area contributed by atoms with Gasteiger partial charge in [0, 0.05) is 45.3 Å². The number of amides is 2. The van der Waals surface area contributed by atoms with Crippen LogP contribution in [0.25, 0.3) is 0 Å². The van der Waals surface area contributed by atoms with E-state index >= 15 is 8.78 Å². The van der Waals surface area contributed by atoms with Gasteiger partial charge in [-0.3, -0.25) is 19.3 Å². The van der Waals surface area contributed by atoms with Gasteiger partial charge in [0.1, 0.15) is 17.3 Å². The minimum Gasteiger partial charge on any atom is -0.481 e. The van der Waals surface area contributed by atoms with E-state index in [9.17, 15) is 23.9 Å². The van der Waals surface area contributed by atoms with Crippen LogP contribution >= 0.6 is 34.8 Å². The van der Waals surface area contributed by atoms with Gasteiger partial charge in [-0.05, 0) is 35.7 Å². The second-order valence-corrected chi connectivity index (χ2v) is 13.0. The molecule has 13 heteroatoms. The minimum absolute atomic E-state index is 0.0463. The predicted octanol–water partition coefficient (Wildman–Crippen LogP) is 6.05. The van der Waals surface area contributed by atoms with Gasteiger partial charge in [0.15, 0.2) is 0 Å². The summed E-state index contributed by atoms with van der Waals surface area (Å²) in [6, 6.07) is 5.14. The molecule has 0 aromatic heterocycles. The number of halogens is 6. The molecule has 3 heterocycles. The van der Waals surface area contributed by atoms with Crippen LogP contribution < -0.4 is 10.2 Å². The lowest BCUT2D eigenvalue weighted by molar-refractivity contribution is -0.153. The number of nitrogens with one attached hydrogen (secondary N) is 1. The number of alkyl halides is 2. The molecule has 2 aromatic rings. The number of rotatable bonds is 4. The third kappa shape index (κ3) is 4.53. The van der Waals surface area contributed by atoms with Gasteiger partial charge in [-0.25, -0.2) is 13.2 Å². The normalized spacial score (nSPS) is 27.0. The smallest absolute Gasteiger partial charge is 0.310 e. The highest BCUT2D eigenvalue weighted by molar-refractivity contribution is 6.35. The molecular formula is C27H25Cl3F3N3O4. The van der Waals surface area contributed by atoms with Gasteiger partial charge in [0.25, 0.3) is 11.8 Å². The molecule has 0 unspecified atom stereocenters. The number of hydrogen-bond donors (Lipinski definition) is 2. The van der Waals surface area contributed by atoms with Gasteiger partial charge in [0.2, 0.25) is 5.91 Å². The highest BCUT2D eigenvalue weighted by Gasteiger charge is 2.75. The fourth-order valence-corrected chi connectivity index (χ4v) is 7.15. The third-order valence-electron chi connectivity index (χ3n) is 7.65. The molecule has 2 aromatic carbocycles. The summed E-state index contributed by atoms with van der Waals surface area (Å²) in [5.74, 6) is -11.1. The van der Waals surface area contributed by atoms with Crippen LogP contribution in [0.5, 0.6) is 0 Å². The number of carbonyl (C=O) groups is 3. The van der Waals surface area contributed by atoms with E-state index in [1.807, 2.05) is 20.8 Å². The van der Waals surface area contributed by atoms with E-state index in [4.69, 9.17) is 34.8 Å². The summed E-state index contributed by atoms with van der Waals surface area (Å²) >= 11 is 18.5. The number of hydrogen-bond acceptors (Lipinski definition) is 4. The molecular weight excluding hydrogens is 594 g/mol. The molecule has 5 rings (SSSR count). The van der Waals surface area contributed by atoms with Crippen molar-refractivity contribution in [3.8, 4) is 0 Å². The van der Waals surface area contributed by atoms with E-state index in [2.05, 4.69) is 5.32 Å². The summed E-state index contributed by atoms with van der Waals surface area (Å²) in [6.07, 6.45) is -0.875. The summed E-state index contributed by atoms with van der Waals surface area (Å²) in [5.41, 5.74) is -3.15. The second kappa shape index (κ2) is 9.51. The standard InChI is InChI=1S/C27H25Cl3F3N3O4/c1-25(2,3)10-35(15-5-12(28)4-13(29)6-15)22(37)19-18-9-26(32,33)11-36(18)27(20(19)23(38)39)16-7-14(30)8-17(31)21(16)34-24(27)40/h4-8,18-20H,9-11H2,1-3H3,(H,34,40)(H,38,39)/t18-,19+,20-,27+/m1/s1. The van der Waals surface area contributed by atoms with Gasteiger partial charge < -0.3 is 15.3 Å². The lowest BCUT2D eigenvalue weighted by Gasteiger charge is -2.36. The van der Waals surface area contributed by atoms with Crippen molar-refractivity contribution < 1.29 is 32.7 Å². The number of benzene rings is 2. The average molecular weight is 619 g/mol. The Labute approximate surface area is 243 Å². The first-order chi connectivity index (χ1) is 18.5. The van der Waals surface area contributed by atoms with Gasteiger partial charge in [-0.1, -0.05) is 55.6 Å². The first kappa shape index (κ1) is 29.0. The summed E-state index contributed by atoms with van der Waals surface area (Å²) in [6.45, 7) is 4.56. The Morgan fingerprint density at radius 2 is 1.70 bits per heavy atom. The fourth-order valence-electron chi connectivity index (χ4n) is 6.43. The molecule has 214 valence electrons. The maximum Gasteiger partial charge on any atom is 0.310 e. The average Bonchev–Trinajstić information content (AvgIpc) is 3.37. The Bertz CT molecular complexity index is 1430. The number of carboxylic acid groups (broad SMARTS) is 1. The summed E-state index contributed by atoms with van der Waals surface area (Å²) in [4.78, 5) is 43.5. The van der Waals surface area contributed by atoms with Gasteiger partial charge in [0.05, 0.1) is 18.2 Å². The molecule has 2 amide bonds. The molecule has 0 saturated carbocycles. The van der Waals surface area contributed by atoms with Crippen molar-refractivity contribution in [2.45, 2.75) is 44.7 Å². The topological polar surface area (TPSA) is 90.0 Å². The van der Waals surface area contributed by atoms with Crippen LogP contribution in [0.4, 0.5) is 24.5 Å². The van der Waals surface area contributed by atoms with Gasteiger partial charge >= 0.3 is 5.97 Å². The van der Waals surface area contributed by atoms with Crippen LogP contribution in [0.2, 0.25) is 15.1 Å². The van der Waals surface area contributed by atoms with Crippen molar-refractivity contribution in [3.05, 3.63) is 56.8 Å². The molecule has 0 radical (unpaired) electrons. The van der Waals surface area contributed by atoms with E-state index in [-0.39, 0.29) is 38.6 Å². The van der Waals surface area contributed by atoms with Crippen LogP contribution in [0.3, 0.4) is 0 Å². The zero-order valence-corrected chi connectivity index (χ0v) is 23.8. The van der Waals surface area contributed by atoms with E-state index < -0.39 is 71.3 Å². The van der Waals surface area contributed by atoms with Crippen molar-refractivity contribution in [3.63, 3.8) is 0 Å². The van der Waals surface area contributed by atoms with E-state index in [0.29, 0.717) is 0 Å². The molecule has 3 aliphatic heterocycles. The van der Waals surface area contributed by atoms with Crippen LogP contribution in [-0.4, -0.2) is 52.8 Å². The lowest BCUT2D eigenvalue weighted by Crippen LogP contribution is -2.54. The quantitative estimate of drug-likeness (QED) is 0.435. The number of fused-ring (bicyclic) bond motifs is 4. The molecule has 2 N–H and O–H groups in total. The van der Waals surface area contributed by atoms with Crippen LogP contribution in [-0.2, 0) is 19.9 Å². The minimum atomic E-state index is -3.35. The molecule has 0 aliphatic carbocycles. The van der Waals surface area contributed by atoms with E-state index in [1.165, 1.54) is 29.2 Å². The largest absolute Gasteiger partial charge is 0.481 e. The SMILES string of the molecule is CC(C)(C)CN(C(=O)[C@H]1[C@H]2CC(F)(F)CN2[C@]2(C(=O)Nc3c(F)cc(Cl)cc32)[C@H]1C(=O)O)c1cc(Cl)cc(Cl)c1. The second-order valence-electron chi connectivity index (χ2n) is 11.7. The van der Waals surface area contributed by atoms with E-state index in [0.717, 1.165) is 11.0 Å². The molecule has 40 heavy (non-hydrogen) atoms. The van der Waals surface area contributed by atoms with Gasteiger partial charge in [-0.2, -0.15) is 0 Å². The van der Waals surface area contributed by atoms with Crippen molar-refractivity contribution in [1.82, 2.24) is 4.90 Å². The molecule has 0 bridgehead atoms. The van der Waals surface area contributed by atoms with E-state index in [1.54, 1.807) is 0 Å². The van der Waals surface area contributed by atoms with Crippen molar-refractivity contribution in [1.29, 1.82) is 0 Å². The van der Waals surface area contributed by atoms with Crippen molar-refractivity contribution >= 4 is 64.0 Å². The van der Waals surface area contributed by atoms with Crippen LogP contribution in [0.1, 0.15) is 32.8 Å². The Kier molecular flexibility index (Phi) is 6.89. The summed E-state index contributed by atoms with van der Waals surface area (Å²) in [5, 5.41) is 13.2. The number of anilines is 2. The first-order valence-electron chi connectivity index (χ1n) is 12.4. The summed E-state index contributed by atoms with van der Waals surface area (Å²) < 4.78 is 45.0. The number of carbonyl (C=O) groups excluding carboxylic acids is 2. The zero-order chi connectivity index (χ0) is 29.5. The first-order valence-corrected chi connectivity index (χ1v) is 13.6. The maximum atomic E-state index is 15.0. The Morgan fingerprint density at radius 1 is 1.10 bits per heavy atom. The fraction of sp³-hybridized carbons (Fsp3) is 0.444. The summed E-state index contributed by atoms with van der Waals surface area (Å²) in [7, 11) is 0. The highest BCUT2D eigenvalue weighted by atomic mass is 35.5. The predicted molar refractivity (Wildman–Crippen MR) is 145 cm³/mol. The highest BCUT2D eigenvalue weighted by Crippen LogP contribution is 2.60. The monoisotopic (exact) mass is 617 g/mol. The Balaban J connectivity index is 1.74. The molecule has 3 aliphatic rings. The zero-order valence-electron chi connectivity index (χ0n) is 21.6. The van der Waals surface area contributed by atoms with Gasteiger partial charge in [-0.15, -0.1) is 0 Å². The molecule has 2 saturated heterocycles. The van der Waals surface area contributed by atoms with Crippen LogP contribution in [0, 0.1) is 23.1 Å². The number of nitrogens with zero attached hydrogens (tertiary/aromatic N) is 2. The number of carboxylic acids is 1. The molecule has 7 nitrogen and oxygen atoms in total. The lowest BCUT2D eigenvalue weighted by atomic mass is 9.73. The maximum absolute atomic E-state index is 15.0. The molecule has 4 atom stereocenters. The Hall–Kier alpha value is -2.53. The van der Waals surface area contributed by atoms with Crippen LogP contribution in [0.15, 0.2) is 30.3 Å².